The van der Waals surface area contributed by atoms with Gasteiger partial charge in [0.15, 0.2) is 0 Å². The highest BCUT2D eigenvalue weighted by Crippen LogP contribution is 2.17. The number of carbonyl (C=O) groups excluding carboxylic acids is 1. The van der Waals surface area contributed by atoms with E-state index in [-0.39, 0.29) is 11.4 Å². The number of amides is 1. The predicted octanol–water partition coefficient (Wildman–Crippen LogP) is 0.305. The van der Waals surface area contributed by atoms with Crippen LogP contribution in [0.3, 0.4) is 0 Å². The van der Waals surface area contributed by atoms with Gasteiger partial charge in [0.1, 0.15) is 0 Å². The SMILES string of the molecule is C#CC(=O)NC1(C)CCCOC1. The van der Waals surface area contributed by atoms with Crippen LogP contribution in [0.5, 0.6) is 0 Å². The fraction of sp³-hybridized carbons (Fsp3) is 0.667. The topological polar surface area (TPSA) is 38.3 Å². The Morgan fingerprint density at radius 2 is 2.50 bits per heavy atom. The minimum atomic E-state index is -0.358. The van der Waals surface area contributed by atoms with Gasteiger partial charge in [0.25, 0.3) is 5.91 Å². The molecule has 0 saturated carbocycles. The van der Waals surface area contributed by atoms with Crippen molar-refractivity contribution in [2.24, 2.45) is 0 Å². The van der Waals surface area contributed by atoms with E-state index in [1.165, 1.54) is 0 Å². The lowest BCUT2D eigenvalue weighted by molar-refractivity contribution is -0.119. The Morgan fingerprint density at radius 3 is 3.00 bits per heavy atom. The van der Waals surface area contributed by atoms with Crippen molar-refractivity contribution in [1.82, 2.24) is 5.32 Å². The molecule has 1 aliphatic rings. The van der Waals surface area contributed by atoms with Crippen LogP contribution in [0.25, 0.3) is 0 Å². The molecule has 1 unspecified atom stereocenters. The van der Waals surface area contributed by atoms with E-state index in [9.17, 15) is 4.79 Å². The summed E-state index contributed by atoms with van der Waals surface area (Å²) in [7, 11) is 0. The molecule has 66 valence electrons. The van der Waals surface area contributed by atoms with Gasteiger partial charge in [-0.2, -0.15) is 0 Å². The molecule has 1 atom stereocenters. The lowest BCUT2D eigenvalue weighted by atomic mass is 9.95. The number of terminal acetylenes is 1. The fourth-order valence-electron chi connectivity index (χ4n) is 1.34. The van der Waals surface area contributed by atoms with Crippen LogP contribution in [0.2, 0.25) is 0 Å². The molecule has 0 radical (unpaired) electrons. The van der Waals surface area contributed by atoms with Crippen LogP contribution in [-0.4, -0.2) is 24.7 Å². The van der Waals surface area contributed by atoms with Crippen molar-refractivity contribution in [3.63, 3.8) is 0 Å². The average molecular weight is 167 g/mol. The van der Waals surface area contributed by atoms with Crippen LogP contribution in [0.15, 0.2) is 0 Å². The Balaban J connectivity index is 2.48. The van der Waals surface area contributed by atoms with Crippen LogP contribution in [-0.2, 0) is 9.53 Å². The van der Waals surface area contributed by atoms with E-state index in [1.54, 1.807) is 0 Å². The van der Waals surface area contributed by atoms with Crippen molar-refractivity contribution >= 4 is 5.91 Å². The highest BCUT2D eigenvalue weighted by atomic mass is 16.5. The Hall–Kier alpha value is -1.01. The van der Waals surface area contributed by atoms with Gasteiger partial charge in [0, 0.05) is 6.61 Å². The smallest absolute Gasteiger partial charge is 0.296 e. The van der Waals surface area contributed by atoms with Gasteiger partial charge in [0.05, 0.1) is 12.1 Å². The molecule has 0 aromatic heterocycles. The number of rotatable bonds is 1. The molecule has 1 N–H and O–H groups in total. The predicted molar refractivity (Wildman–Crippen MR) is 45.4 cm³/mol. The highest BCUT2D eigenvalue weighted by molar-refractivity contribution is 5.93. The maximum Gasteiger partial charge on any atom is 0.296 e. The monoisotopic (exact) mass is 167 g/mol. The molecule has 1 heterocycles. The molecule has 0 bridgehead atoms. The van der Waals surface area contributed by atoms with Crippen molar-refractivity contribution in [3.05, 3.63) is 0 Å². The number of hydrogen-bond acceptors (Lipinski definition) is 2. The molecule has 1 fully saturated rings. The van der Waals surface area contributed by atoms with Crippen LogP contribution in [0.1, 0.15) is 19.8 Å². The molecule has 0 aromatic carbocycles. The van der Waals surface area contributed by atoms with Gasteiger partial charge in [-0.3, -0.25) is 4.79 Å². The van der Waals surface area contributed by atoms with E-state index in [1.807, 2.05) is 12.8 Å². The van der Waals surface area contributed by atoms with Gasteiger partial charge in [-0.25, -0.2) is 0 Å². The van der Waals surface area contributed by atoms with Crippen molar-refractivity contribution in [2.75, 3.05) is 13.2 Å². The summed E-state index contributed by atoms with van der Waals surface area (Å²) < 4.78 is 5.25. The molecule has 1 amide bonds. The molecule has 1 rings (SSSR count). The Labute approximate surface area is 72.5 Å². The van der Waals surface area contributed by atoms with Crippen LogP contribution >= 0.6 is 0 Å². The zero-order chi connectivity index (χ0) is 9.03. The lowest BCUT2D eigenvalue weighted by Gasteiger charge is -2.33. The molecule has 0 aromatic rings. The summed E-state index contributed by atoms with van der Waals surface area (Å²) in [4.78, 5) is 10.9. The van der Waals surface area contributed by atoms with E-state index in [0.29, 0.717) is 6.61 Å². The first-order chi connectivity index (χ1) is 5.66. The summed E-state index contributed by atoms with van der Waals surface area (Å²) in [6, 6.07) is 0. The maximum atomic E-state index is 10.9. The second-order valence-corrected chi connectivity index (χ2v) is 3.32. The summed E-state index contributed by atoms with van der Waals surface area (Å²) in [6.45, 7) is 3.28. The van der Waals surface area contributed by atoms with E-state index >= 15 is 0 Å². The van der Waals surface area contributed by atoms with Crippen molar-refractivity contribution in [1.29, 1.82) is 0 Å². The Kier molecular flexibility index (Phi) is 2.72. The Morgan fingerprint density at radius 1 is 1.75 bits per heavy atom. The molecule has 3 heteroatoms. The summed E-state index contributed by atoms with van der Waals surface area (Å²) in [5.41, 5.74) is -0.262. The van der Waals surface area contributed by atoms with Gasteiger partial charge < -0.3 is 10.1 Å². The normalized spacial score (nSPS) is 29.0. The molecular weight excluding hydrogens is 154 g/mol. The fourth-order valence-corrected chi connectivity index (χ4v) is 1.34. The first kappa shape index (κ1) is 9.08. The minimum Gasteiger partial charge on any atom is -0.379 e. The summed E-state index contributed by atoms with van der Waals surface area (Å²) in [5.74, 6) is 1.67. The summed E-state index contributed by atoms with van der Waals surface area (Å²) >= 11 is 0. The van der Waals surface area contributed by atoms with Gasteiger partial charge in [-0.05, 0) is 25.7 Å². The first-order valence-corrected chi connectivity index (χ1v) is 4.03. The van der Waals surface area contributed by atoms with E-state index in [2.05, 4.69) is 5.32 Å². The standard InChI is InChI=1S/C9H13NO2/c1-3-8(11)10-9(2)5-4-6-12-7-9/h1H,4-7H2,2H3,(H,10,11). The molecule has 1 aliphatic heterocycles. The summed E-state index contributed by atoms with van der Waals surface area (Å²) in [5, 5.41) is 2.74. The third-order valence-corrected chi connectivity index (χ3v) is 1.98. The number of carbonyl (C=O) groups is 1. The van der Waals surface area contributed by atoms with E-state index in [0.717, 1.165) is 19.4 Å². The summed E-state index contributed by atoms with van der Waals surface area (Å²) in [6.07, 6.45) is 6.85. The molecule has 3 nitrogen and oxygen atoms in total. The second kappa shape index (κ2) is 3.59. The third kappa shape index (κ3) is 2.24. The van der Waals surface area contributed by atoms with Gasteiger partial charge in [0.2, 0.25) is 0 Å². The number of nitrogens with one attached hydrogen (secondary N) is 1. The Bertz CT molecular complexity index is 211. The number of hydrogen-bond donors (Lipinski definition) is 1. The maximum absolute atomic E-state index is 10.9. The first-order valence-electron chi connectivity index (χ1n) is 4.03. The highest BCUT2D eigenvalue weighted by Gasteiger charge is 2.28. The molecule has 12 heavy (non-hydrogen) atoms. The van der Waals surface area contributed by atoms with Crippen molar-refractivity contribution in [2.45, 2.75) is 25.3 Å². The third-order valence-electron chi connectivity index (χ3n) is 1.98. The largest absolute Gasteiger partial charge is 0.379 e. The minimum absolute atomic E-state index is 0.262. The molecular formula is C9H13NO2. The lowest BCUT2D eigenvalue weighted by Crippen LogP contribution is -2.51. The zero-order valence-electron chi connectivity index (χ0n) is 7.22. The molecule has 0 spiro atoms. The van der Waals surface area contributed by atoms with Crippen molar-refractivity contribution in [3.8, 4) is 12.3 Å². The number of ether oxygens (including phenoxy) is 1. The average Bonchev–Trinajstić information content (AvgIpc) is 2.05. The molecule has 1 saturated heterocycles. The van der Waals surface area contributed by atoms with Crippen LogP contribution in [0.4, 0.5) is 0 Å². The van der Waals surface area contributed by atoms with Crippen LogP contribution in [0, 0.1) is 12.3 Å². The van der Waals surface area contributed by atoms with E-state index in [4.69, 9.17) is 11.2 Å². The quantitative estimate of drug-likeness (QED) is 0.571. The van der Waals surface area contributed by atoms with E-state index < -0.39 is 0 Å². The van der Waals surface area contributed by atoms with Gasteiger partial charge in [-0.15, -0.1) is 6.42 Å². The molecule has 0 aliphatic carbocycles. The van der Waals surface area contributed by atoms with Gasteiger partial charge in [-0.1, -0.05) is 0 Å². The zero-order valence-corrected chi connectivity index (χ0v) is 7.22. The van der Waals surface area contributed by atoms with Crippen LogP contribution < -0.4 is 5.32 Å². The van der Waals surface area contributed by atoms with Crippen molar-refractivity contribution < 1.29 is 9.53 Å². The van der Waals surface area contributed by atoms with Gasteiger partial charge >= 0.3 is 0 Å². The second-order valence-electron chi connectivity index (χ2n) is 3.32.